The minimum atomic E-state index is 1.07. The van der Waals surface area contributed by atoms with E-state index < -0.39 is 0 Å². The number of hydrogen-bond acceptors (Lipinski definition) is 1. The van der Waals surface area contributed by atoms with E-state index in [0.717, 1.165) is 39.4 Å². The highest BCUT2D eigenvalue weighted by atomic mass is 15.1. The summed E-state index contributed by atoms with van der Waals surface area (Å²) in [6.45, 7) is 0. The van der Waals surface area contributed by atoms with Crippen molar-refractivity contribution in [3.63, 3.8) is 0 Å². The van der Waals surface area contributed by atoms with Crippen LogP contribution in [0.2, 0.25) is 0 Å². The summed E-state index contributed by atoms with van der Waals surface area (Å²) in [6.07, 6.45) is 0. The van der Waals surface area contributed by atoms with Gasteiger partial charge in [-0.2, -0.15) is 0 Å². The summed E-state index contributed by atoms with van der Waals surface area (Å²) < 4.78 is 2.39. The molecule has 0 saturated carbocycles. The summed E-state index contributed by atoms with van der Waals surface area (Å²) in [5.74, 6) is 0. The van der Waals surface area contributed by atoms with Crippen LogP contribution in [0.5, 0.6) is 0 Å². The zero-order chi connectivity index (χ0) is 46.4. The van der Waals surface area contributed by atoms with E-state index in [4.69, 9.17) is 0 Å². The Balaban J connectivity index is 0.950. The van der Waals surface area contributed by atoms with Gasteiger partial charge in [-0.1, -0.05) is 218 Å². The first-order chi connectivity index (χ1) is 34.7. The van der Waals surface area contributed by atoms with Crippen LogP contribution in [0.15, 0.2) is 279 Å². The number of para-hydroxylation sites is 3. The van der Waals surface area contributed by atoms with Crippen LogP contribution in [0.1, 0.15) is 0 Å². The first kappa shape index (κ1) is 41.0. The molecule has 328 valence electrons. The molecule has 0 saturated heterocycles. The van der Waals surface area contributed by atoms with Crippen molar-refractivity contribution in [2.75, 3.05) is 4.90 Å². The minimum absolute atomic E-state index is 1.07. The molecular weight excluding hydrogens is 845 g/mol. The SMILES string of the molecule is c1ccc(-c2ccccc2-c2ccccc2-c2ccccc2N(c2ccc(-c3cccc(-n4c5ccccc5c5ccccc54)c3)cc2)c2ccc(-c3cc4ccccc4c4ccccc34)cc2)cc1. The van der Waals surface area contributed by atoms with Gasteiger partial charge in [-0.3, -0.25) is 0 Å². The highest BCUT2D eigenvalue weighted by Gasteiger charge is 2.21. The Morgan fingerprint density at radius 2 is 0.700 bits per heavy atom. The van der Waals surface area contributed by atoms with Gasteiger partial charge in [0.2, 0.25) is 0 Å². The average Bonchev–Trinajstić information content (AvgIpc) is 3.78. The lowest BCUT2D eigenvalue weighted by Crippen LogP contribution is -2.11. The van der Waals surface area contributed by atoms with E-state index in [0.29, 0.717) is 0 Å². The van der Waals surface area contributed by atoms with Crippen LogP contribution in [0.25, 0.3) is 105 Å². The van der Waals surface area contributed by atoms with Crippen LogP contribution >= 0.6 is 0 Å². The molecule has 0 bridgehead atoms. The van der Waals surface area contributed by atoms with Crippen LogP contribution in [0, 0.1) is 0 Å². The lowest BCUT2D eigenvalue weighted by Gasteiger charge is -2.29. The summed E-state index contributed by atoms with van der Waals surface area (Å²) in [6, 6.07) is 102. The van der Waals surface area contributed by atoms with Crippen LogP contribution in [0.3, 0.4) is 0 Å². The smallest absolute Gasteiger partial charge is 0.0541 e. The second-order valence-corrected chi connectivity index (χ2v) is 18.0. The van der Waals surface area contributed by atoms with Crippen LogP contribution in [-0.4, -0.2) is 4.57 Å². The van der Waals surface area contributed by atoms with Gasteiger partial charge >= 0.3 is 0 Å². The largest absolute Gasteiger partial charge is 0.310 e. The minimum Gasteiger partial charge on any atom is -0.310 e. The topological polar surface area (TPSA) is 8.17 Å². The molecule has 0 fully saturated rings. The normalized spacial score (nSPS) is 11.4. The van der Waals surface area contributed by atoms with Gasteiger partial charge in [0.15, 0.2) is 0 Å². The molecule has 2 nitrogen and oxygen atoms in total. The quantitative estimate of drug-likeness (QED) is 0.131. The Labute approximate surface area is 408 Å². The molecule has 0 amide bonds. The second-order valence-electron chi connectivity index (χ2n) is 18.0. The van der Waals surface area contributed by atoms with Gasteiger partial charge in [-0.05, 0) is 132 Å². The number of anilines is 3. The molecule has 0 spiro atoms. The van der Waals surface area contributed by atoms with E-state index >= 15 is 0 Å². The van der Waals surface area contributed by atoms with Crippen molar-refractivity contribution in [2.24, 2.45) is 0 Å². The molecule has 1 heterocycles. The molecule has 0 unspecified atom stereocenters. The van der Waals surface area contributed by atoms with Gasteiger partial charge in [-0.15, -0.1) is 0 Å². The monoisotopic (exact) mass is 890 g/mol. The molecule has 0 aliphatic carbocycles. The molecule has 0 atom stereocenters. The van der Waals surface area contributed by atoms with Crippen molar-refractivity contribution in [3.05, 3.63) is 279 Å². The zero-order valence-electron chi connectivity index (χ0n) is 38.5. The lowest BCUT2D eigenvalue weighted by molar-refractivity contribution is 1.18. The van der Waals surface area contributed by atoms with Gasteiger partial charge in [-0.25, -0.2) is 0 Å². The van der Waals surface area contributed by atoms with Gasteiger partial charge < -0.3 is 9.47 Å². The molecule has 0 radical (unpaired) electrons. The summed E-state index contributed by atoms with van der Waals surface area (Å²) in [5, 5.41) is 7.55. The zero-order valence-corrected chi connectivity index (χ0v) is 38.5. The third-order valence-corrected chi connectivity index (χ3v) is 14.0. The number of rotatable bonds is 9. The highest BCUT2D eigenvalue weighted by Crippen LogP contribution is 2.46. The van der Waals surface area contributed by atoms with Crippen molar-refractivity contribution in [1.29, 1.82) is 0 Å². The van der Waals surface area contributed by atoms with Crippen molar-refractivity contribution < 1.29 is 0 Å². The third kappa shape index (κ3) is 7.13. The summed E-state index contributed by atoms with van der Waals surface area (Å²) >= 11 is 0. The number of benzene rings is 12. The Kier molecular flexibility index (Phi) is 10.2. The van der Waals surface area contributed by atoms with Gasteiger partial charge in [0.1, 0.15) is 0 Å². The molecule has 0 aliphatic heterocycles. The Morgan fingerprint density at radius 3 is 1.37 bits per heavy atom. The maximum absolute atomic E-state index is 2.43. The molecule has 0 aliphatic rings. The Morgan fingerprint density at radius 1 is 0.243 bits per heavy atom. The van der Waals surface area contributed by atoms with E-state index in [1.807, 2.05) is 0 Å². The van der Waals surface area contributed by atoms with Gasteiger partial charge in [0.05, 0.1) is 16.7 Å². The van der Waals surface area contributed by atoms with Crippen molar-refractivity contribution >= 4 is 60.4 Å². The number of hydrogen-bond donors (Lipinski definition) is 0. The lowest BCUT2D eigenvalue weighted by atomic mass is 9.88. The number of aromatic nitrogens is 1. The predicted octanol–water partition coefficient (Wildman–Crippen LogP) is 18.9. The molecule has 1 aromatic heterocycles. The molecule has 70 heavy (non-hydrogen) atoms. The fraction of sp³-hybridized carbons (Fsp3) is 0. The van der Waals surface area contributed by atoms with Crippen LogP contribution in [0.4, 0.5) is 17.1 Å². The van der Waals surface area contributed by atoms with E-state index in [1.165, 1.54) is 82.3 Å². The fourth-order valence-corrected chi connectivity index (χ4v) is 10.8. The summed E-state index contributed by atoms with van der Waals surface area (Å²) in [7, 11) is 0. The number of fused-ring (bicyclic) bond motifs is 6. The third-order valence-electron chi connectivity index (χ3n) is 14.0. The van der Waals surface area contributed by atoms with Crippen molar-refractivity contribution in [1.82, 2.24) is 4.57 Å². The average molecular weight is 891 g/mol. The Hall–Kier alpha value is -9.24. The first-order valence-corrected chi connectivity index (χ1v) is 24.1. The maximum atomic E-state index is 2.43. The van der Waals surface area contributed by atoms with Gasteiger partial charge in [0, 0.05) is 33.4 Å². The van der Waals surface area contributed by atoms with E-state index in [9.17, 15) is 0 Å². The van der Waals surface area contributed by atoms with E-state index in [2.05, 4.69) is 289 Å². The number of nitrogens with zero attached hydrogens (tertiary/aromatic N) is 2. The van der Waals surface area contributed by atoms with Crippen LogP contribution < -0.4 is 4.90 Å². The second kappa shape index (κ2) is 17.4. The molecule has 13 rings (SSSR count). The molecule has 12 aromatic carbocycles. The standard InChI is InChI=1S/C68H46N2/c1-2-19-48(20-3-1)55-24-6-7-26-57(55)59-28-9-10-29-60(59)62-31-12-15-34-66(62)69(53-43-39-49(40-44-53)65-46-51-21-4-5-25-56(51)58-27-8-11-30-61(58)65)52-41-37-47(38-42-52)50-22-18-23-54(45-50)70-67-35-16-13-32-63(67)64-33-14-17-36-68(64)70/h1-46H. The molecule has 2 heteroatoms. The predicted molar refractivity (Wildman–Crippen MR) is 298 cm³/mol. The fourth-order valence-electron chi connectivity index (χ4n) is 10.8. The molecular formula is C68H46N2. The first-order valence-electron chi connectivity index (χ1n) is 24.1. The van der Waals surface area contributed by atoms with Gasteiger partial charge in [0.25, 0.3) is 0 Å². The van der Waals surface area contributed by atoms with E-state index in [1.54, 1.807) is 0 Å². The van der Waals surface area contributed by atoms with Crippen molar-refractivity contribution in [2.45, 2.75) is 0 Å². The van der Waals surface area contributed by atoms with E-state index in [-0.39, 0.29) is 0 Å². The Bertz CT molecular complexity index is 4000. The highest BCUT2D eigenvalue weighted by molar-refractivity contribution is 6.14. The maximum Gasteiger partial charge on any atom is 0.0541 e. The molecule has 0 N–H and O–H groups in total. The summed E-state index contributed by atoms with van der Waals surface area (Å²) in [5.41, 5.74) is 18.6. The summed E-state index contributed by atoms with van der Waals surface area (Å²) in [4.78, 5) is 2.43. The van der Waals surface area contributed by atoms with Crippen LogP contribution in [-0.2, 0) is 0 Å². The molecule has 13 aromatic rings. The van der Waals surface area contributed by atoms with Crippen molar-refractivity contribution in [3.8, 4) is 61.3 Å².